The molecular weight excluding hydrogens is 346 g/mol. The first kappa shape index (κ1) is 17.6. The number of rotatable bonds is 4. The van der Waals surface area contributed by atoms with Crippen LogP contribution in [-0.4, -0.2) is 21.8 Å². The molecule has 0 N–H and O–H groups in total. The Morgan fingerprint density at radius 2 is 2.04 bits per heavy atom. The van der Waals surface area contributed by atoms with Crippen LogP contribution in [0.2, 0.25) is 0 Å². The Bertz CT molecular complexity index is 912. The van der Waals surface area contributed by atoms with Crippen LogP contribution in [0.1, 0.15) is 50.8 Å². The van der Waals surface area contributed by atoms with Gasteiger partial charge in [0.25, 0.3) is 0 Å². The lowest BCUT2D eigenvalue weighted by Gasteiger charge is -2.19. The molecule has 27 heavy (non-hydrogen) atoms. The summed E-state index contributed by atoms with van der Waals surface area (Å²) in [6.07, 6.45) is 3.73. The third-order valence-corrected chi connectivity index (χ3v) is 5.42. The lowest BCUT2D eigenvalue weighted by atomic mass is 9.86. The lowest BCUT2D eigenvalue weighted by Crippen LogP contribution is -2.34. The molecule has 1 unspecified atom stereocenters. The Morgan fingerprint density at radius 3 is 2.70 bits per heavy atom. The molecule has 2 aliphatic heterocycles. The highest BCUT2D eigenvalue weighted by Gasteiger charge is 2.47. The Hall–Kier alpha value is -2.80. The van der Waals surface area contributed by atoms with Crippen molar-refractivity contribution in [1.82, 2.24) is 9.97 Å². The normalized spacial score (nSPS) is 24.4. The fraction of sp³-hybridized carbons (Fsp3) is 0.400. The summed E-state index contributed by atoms with van der Waals surface area (Å²) in [5.74, 6) is 0.180. The fourth-order valence-corrected chi connectivity index (χ4v) is 3.44. The molecule has 2 aromatic rings. The number of carbonyl (C=O) groups excluding carboxylic acids is 2. The molecular formula is C20H21N3O4. The van der Waals surface area contributed by atoms with Crippen molar-refractivity contribution in [3.63, 3.8) is 0 Å². The van der Waals surface area contributed by atoms with Crippen molar-refractivity contribution in [1.29, 1.82) is 0 Å². The Balaban J connectivity index is 1.53. The van der Waals surface area contributed by atoms with E-state index >= 15 is 0 Å². The maximum atomic E-state index is 12.6. The van der Waals surface area contributed by atoms with Crippen LogP contribution in [0, 0.1) is 5.41 Å². The number of hydrogen-bond acceptors (Lipinski definition) is 6. The smallest absolute Gasteiger partial charge is 0.322 e. The molecule has 1 fully saturated rings. The van der Waals surface area contributed by atoms with Crippen molar-refractivity contribution in [2.24, 2.45) is 5.41 Å². The highest BCUT2D eigenvalue weighted by atomic mass is 16.5. The third kappa shape index (κ3) is 2.98. The van der Waals surface area contributed by atoms with Gasteiger partial charge in [-0.05, 0) is 36.6 Å². The van der Waals surface area contributed by atoms with Crippen LogP contribution < -0.4 is 9.64 Å². The minimum atomic E-state index is -0.657. The molecule has 0 radical (unpaired) electrons. The quantitative estimate of drug-likeness (QED) is 0.769. The van der Waals surface area contributed by atoms with Crippen LogP contribution in [0.5, 0.6) is 11.8 Å². The fourth-order valence-electron chi connectivity index (χ4n) is 3.44. The van der Waals surface area contributed by atoms with Crippen molar-refractivity contribution in [2.45, 2.75) is 46.3 Å². The number of nitrogens with zero attached hydrogens (tertiary/aromatic N) is 3. The molecule has 3 heterocycles. The molecule has 1 aromatic carbocycles. The van der Waals surface area contributed by atoms with Gasteiger partial charge in [0, 0.05) is 6.42 Å². The van der Waals surface area contributed by atoms with E-state index in [0.717, 1.165) is 11.1 Å². The molecule has 0 bridgehead atoms. The second-order valence-corrected chi connectivity index (χ2v) is 7.27. The van der Waals surface area contributed by atoms with Gasteiger partial charge in [0.15, 0.2) is 0 Å². The van der Waals surface area contributed by atoms with Gasteiger partial charge in [-0.25, -0.2) is 14.9 Å². The van der Waals surface area contributed by atoms with E-state index in [1.165, 1.54) is 17.3 Å². The van der Waals surface area contributed by atoms with Gasteiger partial charge in [0.05, 0.1) is 36.2 Å². The number of aromatic nitrogens is 2. The largest absolute Gasteiger partial charge is 0.424 e. The van der Waals surface area contributed by atoms with Gasteiger partial charge >= 0.3 is 6.01 Å². The van der Waals surface area contributed by atoms with E-state index in [2.05, 4.69) is 9.97 Å². The lowest BCUT2D eigenvalue weighted by molar-refractivity contribution is -0.125. The number of fused-ring (bicyclic) bond motifs is 1. The SMILES string of the molecule is CC[C@@]1(C)CC(=O)N(c2cnc(Oc3ccc4c(c3)C(C)OC4)nc2)C1=O. The van der Waals surface area contributed by atoms with Crippen LogP contribution in [-0.2, 0) is 20.9 Å². The average Bonchev–Trinajstić information content (AvgIpc) is 3.14. The number of imide groups is 1. The molecule has 7 nitrogen and oxygen atoms in total. The summed E-state index contributed by atoms with van der Waals surface area (Å²) in [5, 5.41) is 0. The van der Waals surface area contributed by atoms with E-state index in [1.807, 2.05) is 39.0 Å². The summed E-state index contributed by atoms with van der Waals surface area (Å²) in [7, 11) is 0. The summed E-state index contributed by atoms with van der Waals surface area (Å²) in [6.45, 7) is 6.32. The number of hydrogen-bond donors (Lipinski definition) is 0. The number of carbonyl (C=O) groups is 2. The van der Waals surface area contributed by atoms with Crippen LogP contribution in [0.15, 0.2) is 30.6 Å². The zero-order valence-electron chi connectivity index (χ0n) is 15.6. The molecule has 1 saturated heterocycles. The Kier molecular flexibility index (Phi) is 4.19. The second kappa shape index (κ2) is 6.42. The predicted octanol–water partition coefficient (Wildman–Crippen LogP) is 3.54. The van der Waals surface area contributed by atoms with Crippen LogP contribution in [0.25, 0.3) is 0 Å². The summed E-state index contributed by atoms with van der Waals surface area (Å²) in [6, 6.07) is 5.89. The van der Waals surface area contributed by atoms with Crippen molar-refractivity contribution >= 4 is 17.5 Å². The molecule has 2 atom stereocenters. The van der Waals surface area contributed by atoms with Crippen molar-refractivity contribution in [2.75, 3.05) is 4.90 Å². The molecule has 0 aliphatic carbocycles. The zero-order valence-corrected chi connectivity index (χ0v) is 15.6. The standard InChI is InChI=1S/C20H21N3O4/c1-4-20(3)8-17(24)23(18(20)25)14-9-21-19(22-10-14)27-15-6-5-13-11-26-12(2)16(13)7-15/h5-7,9-10,12H,4,8,11H2,1-3H3/t12?,20-/m0/s1. The van der Waals surface area contributed by atoms with Crippen molar-refractivity contribution < 1.29 is 19.1 Å². The first-order chi connectivity index (χ1) is 12.9. The topological polar surface area (TPSA) is 81.6 Å². The van der Waals surface area contributed by atoms with E-state index in [9.17, 15) is 9.59 Å². The molecule has 1 aromatic heterocycles. The maximum Gasteiger partial charge on any atom is 0.322 e. The van der Waals surface area contributed by atoms with Gasteiger partial charge in [-0.3, -0.25) is 9.59 Å². The summed E-state index contributed by atoms with van der Waals surface area (Å²) < 4.78 is 11.3. The minimum Gasteiger partial charge on any atom is -0.424 e. The summed E-state index contributed by atoms with van der Waals surface area (Å²) in [5.41, 5.74) is 1.95. The van der Waals surface area contributed by atoms with E-state index in [1.54, 1.807) is 0 Å². The molecule has 0 spiro atoms. The third-order valence-electron chi connectivity index (χ3n) is 5.42. The molecule has 4 rings (SSSR count). The number of amides is 2. The number of benzene rings is 1. The van der Waals surface area contributed by atoms with Gasteiger partial charge in [-0.2, -0.15) is 0 Å². The average molecular weight is 367 g/mol. The Labute approximate surface area is 157 Å². The highest BCUT2D eigenvalue weighted by Crippen LogP contribution is 2.38. The van der Waals surface area contributed by atoms with Gasteiger partial charge < -0.3 is 9.47 Å². The molecule has 7 heteroatoms. The van der Waals surface area contributed by atoms with Gasteiger partial charge in [0.1, 0.15) is 5.75 Å². The van der Waals surface area contributed by atoms with Crippen LogP contribution >= 0.6 is 0 Å². The molecule has 2 aliphatic rings. The second-order valence-electron chi connectivity index (χ2n) is 7.27. The van der Waals surface area contributed by atoms with Crippen LogP contribution in [0.4, 0.5) is 5.69 Å². The molecule has 140 valence electrons. The maximum absolute atomic E-state index is 12.6. The first-order valence-corrected chi connectivity index (χ1v) is 9.03. The highest BCUT2D eigenvalue weighted by molar-refractivity contribution is 6.22. The first-order valence-electron chi connectivity index (χ1n) is 9.03. The number of ether oxygens (including phenoxy) is 2. The van der Waals surface area contributed by atoms with E-state index in [4.69, 9.17) is 9.47 Å². The monoisotopic (exact) mass is 367 g/mol. The van der Waals surface area contributed by atoms with E-state index in [0.29, 0.717) is 24.5 Å². The Morgan fingerprint density at radius 1 is 1.30 bits per heavy atom. The predicted molar refractivity (Wildman–Crippen MR) is 97.3 cm³/mol. The molecule has 2 amide bonds. The minimum absolute atomic E-state index is 0.0342. The van der Waals surface area contributed by atoms with Crippen LogP contribution in [0.3, 0.4) is 0 Å². The number of anilines is 1. The summed E-state index contributed by atoms with van der Waals surface area (Å²) in [4.78, 5) is 34.4. The van der Waals surface area contributed by atoms with Gasteiger partial charge in [0.2, 0.25) is 11.8 Å². The van der Waals surface area contributed by atoms with Gasteiger partial charge in [-0.1, -0.05) is 19.9 Å². The van der Waals surface area contributed by atoms with Crippen molar-refractivity contribution in [3.05, 3.63) is 41.7 Å². The molecule has 0 saturated carbocycles. The van der Waals surface area contributed by atoms with E-state index in [-0.39, 0.29) is 30.3 Å². The summed E-state index contributed by atoms with van der Waals surface area (Å²) >= 11 is 0. The van der Waals surface area contributed by atoms with Gasteiger partial charge in [-0.15, -0.1) is 0 Å². The zero-order chi connectivity index (χ0) is 19.2. The van der Waals surface area contributed by atoms with E-state index < -0.39 is 5.41 Å². The van der Waals surface area contributed by atoms with Crippen molar-refractivity contribution in [3.8, 4) is 11.8 Å².